The Morgan fingerprint density at radius 2 is 1.91 bits per heavy atom. The van der Waals surface area contributed by atoms with Crippen LogP contribution >= 0.6 is 0 Å². The number of nitrogens with zero attached hydrogens (tertiary/aromatic N) is 2. The maximum absolute atomic E-state index is 14.6. The number of fused-ring (bicyclic) bond motifs is 1. The molecule has 5 rings (SSSR count). The average molecular weight is 434 g/mol. The number of likely N-dealkylation sites (tertiary alicyclic amines) is 1. The summed E-state index contributed by atoms with van der Waals surface area (Å²) in [4.78, 5) is 38.6. The van der Waals surface area contributed by atoms with Crippen molar-refractivity contribution in [1.82, 2.24) is 20.4 Å². The first-order valence-corrected chi connectivity index (χ1v) is 10.8. The summed E-state index contributed by atoms with van der Waals surface area (Å²) in [5.41, 5.74) is 1.11. The highest BCUT2D eigenvalue weighted by atomic mass is 19.1. The molecule has 1 saturated heterocycles. The smallest absolute Gasteiger partial charge is 0.272 e. The lowest BCUT2D eigenvalue weighted by Gasteiger charge is -2.18. The van der Waals surface area contributed by atoms with E-state index in [9.17, 15) is 18.8 Å². The van der Waals surface area contributed by atoms with Gasteiger partial charge in [0.25, 0.3) is 11.5 Å². The Morgan fingerprint density at radius 1 is 1.12 bits per heavy atom. The van der Waals surface area contributed by atoms with Gasteiger partial charge < -0.3 is 10.2 Å². The minimum atomic E-state index is -0.580. The lowest BCUT2D eigenvalue weighted by atomic mass is 10.0. The molecule has 0 spiro atoms. The summed E-state index contributed by atoms with van der Waals surface area (Å²) in [7, 11) is 0. The Labute approximate surface area is 183 Å². The number of amides is 2. The third kappa shape index (κ3) is 4.00. The van der Waals surface area contributed by atoms with Crippen molar-refractivity contribution in [1.29, 1.82) is 0 Å². The number of aromatic amines is 1. The molecular weight excluding hydrogens is 411 g/mol. The fraction of sp³-hybridized carbons (Fsp3) is 0.333. The van der Waals surface area contributed by atoms with Crippen LogP contribution in [0.15, 0.2) is 47.3 Å². The summed E-state index contributed by atoms with van der Waals surface area (Å²) in [5.74, 6) is -0.792. The minimum Gasteiger partial charge on any atom is -0.351 e. The Bertz CT molecular complexity index is 1270. The topological polar surface area (TPSA) is 95.2 Å². The van der Waals surface area contributed by atoms with E-state index in [4.69, 9.17) is 0 Å². The second kappa shape index (κ2) is 8.18. The molecule has 2 heterocycles. The Balaban J connectivity index is 1.34. The van der Waals surface area contributed by atoms with E-state index in [1.54, 1.807) is 29.2 Å². The molecule has 1 aliphatic heterocycles. The van der Waals surface area contributed by atoms with E-state index in [1.165, 1.54) is 6.07 Å². The van der Waals surface area contributed by atoms with E-state index in [0.29, 0.717) is 37.0 Å². The standard InChI is InChI=1S/C24H23FN4O3/c25-20-8-5-14(12-21-17-3-1-2-4-18(17)23(31)28-27-21)11-19(20)24(32)29-10-9-16(13-29)26-22(30)15-6-7-15/h1-5,8,11,15-16H,6-7,9-10,12-13H2,(H,26,30)(H,28,31)/t16-/m0/s1. The normalized spacial score (nSPS) is 18.2. The number of aromatic nitrogens is 2. The van der Waals surface area contributed by atoms with Crippen LogP contribution in [0.4, 0.5) is 4.39 Å². The monoisotopic (exact) mass is 434 g/mol. The maximum Gasteiger partial charge on any atom is 0.272 e. The van der Waals surface area contributed by atoms with Gasteiger partial charge in [-0.05, 0) is 43.0 Å². The Morgan fingerprint density at radius 3 is 2.69 bits per heavy atom. The van der Waals surface area contributed by atoms with Crippen LogP contribution in [0.2, 0.25) is 0 Å². The molecule has 0 bridgehead atoms. The van der Waals surface area contributed by atoms with E-state index in [1.807, 2.05) is 12.1 Å². The molecule has 8 heteroatoms. The summed E-state index contributed by atoms with van der Waals surface area (Å²) >= 11 is 0. The van der Waals surface area contributed by atoms with E-state index < -0.39 is 5.82 Å². The predicted molar refractivity (Wildman–Crippen MR) is 117 cm³/mol. The average Bonchev–Trinajstić information content (AvgIpc) is 3.56. The van der Waals surface area contributed by atoms with E-state index in [-0.39, 0.29) is 34.9 Å². The highest BCUT2D eigenvalue weighted by Gasteiger charge is 2.34. The molecule has 0 unspecified atom stereocenters. The van der Waals surface area contributed by atoms with Crippen molar-refractivity contribution in [3.05, 3.63) is 75.5 Å². The maximum atomic E-state index is 14.6. The van der Waals surface area contributed by atoms with Crippen LogP contribution in [-0.2, 0) is 11.2 Å². The van der Waals surface area contributed by atoms with Crippen LogP contribution in [0.25, 0.3) is 10.8 Å². The zero-order valence-corrected chi connectivity index (χ0v) is 17.4. The Hall–Kier alpha value is -3.55. The number of halogens is 1. The lowest BCUT2D eigenvalue weighted by molar-refractivity contribution is -0.122. The number of hydrogen-bond acceptors (Lipinski definition) is 4. The third-order valence-corrected chi connectivity index (χ3v) is 6.18. The van der Waals surface area contributed by atoms with Crippen LogP contribution in [0.3, 0.4) is 0 Å². The van der Waals surface area contributed by atoms with Gasteiger partial charge >= 0.3 is 0 Å². The number of H-pyrrole nitrogens is 1. The molecule has 0 radical (unpaired) electrons. The first-order chi connectivity index (χ1) is 15.5. The summed E-state index contributed by atoms with van der Waals surface area (Å²) in [5, 5.41) is 10.9. The van der Waals surface area contributed by atoms with Gasteiger partial charge in [0, 0.05) is 36.9 Å². The van der Waals surface area contributed by atoms with Gasteiger partial charge in [-0.15, -0.1) is 0 Å². The van der Waals surface area contributed by atoms with Crippen molar-refractivity contribution in [3.63, 3.8) is 0 Å². The van der Waals surface area contributed by atoms with Crippen LogP contribution in [0.5, 0.6) is 0 Å². The van der Waals surface area contributed by atoms with Crippen molar-refractivity contribution < 1.29 is 14.0 Å². The molecule has 1 aromatic heterocycles. The molecule has 2 aliphatic rings. The van der Waals surface area contributed by atoms with Gasteiger partial charge in [-0.1, -0.05) is 24.3 Å². The highest BCUT2D eigenvalue weighted by Crippen LogP contribution is 2.29. The number of carbonyl (C=O) groups excluding carboxylic acids is 2. The second-order valence-corrected chi connectivity index (χ2v) is 8.56. The molecule has 1 atom stereocenters. The highest BCUT2D eigenvalue weighted by molar-refractivity contribution is 5.95. The number of benzene rings is 2. The zero-order valence-electron chi connectivity index (χ0n) is 17.4. The number of carbonyl (C=O) groups is 2. The SMILES string of the molecule is O=C(N[C@H]1CCN(C(=O)c2cc(Cc3n[nH]c(=O)c4ccccc34)ccc2F)C1)C1CC1. The van der Waals surface area contributed by atoms with Crippen LogP contribution in [0.1, 0.15) is 40.9 Å². The second-order valence-electron chi connectivity index (χ2n) is 8.56. The molecule has 32 heavy (non-hydrogen) atoms. The molecule has 2 amide bonds. The van der Waals surface area contributed by atoms with Crippen molar-refractivity contribution in [2.75, 3.05) is 13.1 Å². The van der Waals surface area contributed by atoms with E-state index in [2.05, 4.69) is 15.5 Å². The molecular formula is C24H23FN4O3. The number of hydrogen-bond donors (Lipinski definition) is 2. The molecule has 7 nitrogen and oxygen atoms in total. The van der Waals surface area contributed by atoms with Gasteiger partial charge in [-0.25, -0.2) is 9.49 Å². The first kappa shape index (κ1) is 20.4. The molecule has 2 fully saturated rings. The van der Waals surface area contributed by atoms with Crippen LogP contribution in [0, 0.1) is 11.7 Å². The largest absolute Gasteiger partial charge is 0.351 e. The zero-order chi connectivity index (χ0) is 22.2. The molecule has 2 N–H and O–H groups in total. The fourth-order valence-corrected chi connectivity index (χ4v) is 4.24. The molecule has 1 aliphatic carbocycles. The quantitative estimate of drug-likeness (QED) is 0.645. The Kier molecular flexibility index (Phi) is 5.20. The van der Waals surface area contributed by atoms with Gasteiger partial charge in [0.15, 0.2) is 0 Å². The summed E-state index contributed by atoms with van der Waals surface area (Å²) < 4.78 is 14.6. The van der Waals surface area contributed by atoms with Gasteiger partial charge in [-0.3, -0.25) is 14.4 Å². The van der Waals surface area contributed by atoms with Crippen molar-refractivity contribution in [2.45, 2.75) is 31.7 Å². The van der Waals surface area contributed by atoms with E-state index in [0.717, 1.165) is 23.8 Å². The van der Waals surface area contributed by atoms with Crippen LogP contribution in [-0.4, -0.2) is 46.0 Å². The molecule has 164 valence electrons. The van der Waals surface area contributed by atoms with Crippen molar-refractivity contribution >= 4 is 22.6 Å². The van der Waals surface area contributed by atoms with E-state index >= 15 is 0 Å². The summed E-state index contributed by atoms with van der Waals surface area (Å²) in [6.45, 7) is 0.858. The van der Waals surface area contributed by atoms with Gasteiger partial charge in [-0.2, -0.15) is 5.10 Å². The van der Waals surface area contributed by atoms with Gasteiger partial charge in [0.1, 0.15) is 5.82 Å². The number of rotatable bonds is 5. The first-order valence-electron chi connectivity index (χ1n) is 10.8. The van der Waals surface area contributed by atoms with Crippen molar-refractivity contribution in [3.8, 4) is 0 Å². The molecule has 1 saturated carbocycles. The molecule has 2 aromatic carbocycles. The van der Waals surface area contributed by atoms with Crippen LogP contribution < -0.4 is 10.9 Å². The van der Waals surface area contributed by atoms with Gasteiger partial charge in [0.05, 0.1) is 16.6 Å². The van der Waals surface area contributed by atoms with Gasteiger partial charge in [0.2, 0.25) is 5.91 Å². The minimum absolute atomic E-state index is 0.00500. The lowest BCUT2D eigenvalue weighted by Crippen LogP contribution is -2.39. The van der Waals surface area contributed by atoms with Crippen molar-refractivity contribution in [2.24, 2.45) is 5.92 Å². The summed E-state index contributed by atoms with van der Waals surface area (Å²) in [6.07, 6.45) is 2.87. The fourth-order valence-electron chi connectivity index (χ4n) is 4.24. The summed E-state index contributed by atoms with van der Waals surface area (Å²) in [6, 6.07) is 11.5. The number of nitrogens with one attached hydrogen (secondary N) is 2. The third-order valence-electron chi connectivity index (χ3n) is 6.18. The predicted octanol–water partition coefficient (Wildman–Crippen LogP) is 2.39. The molecule has 3 aromatic rings.